The molecule has 0 unspecified atom stereocenters. The molecule has 2 heteroatoms. The van der Waals surface area contributed by atoms with Crippen LogP contribution in [0.5, 0.6) is 0 Å². The van der Waals surface area contributed by atoms with Crippen LogP contribution in [0.2, 0.25) is 11.0 Å². The van der Waals surface area contributed by atoms with Crippen LogP contribution in [0.4, 0.5) is 0 Å². The zero-order chi connectivity index (χ0) is 6.78. The van der Waals surface area contributed by atoms with Crippen LogP contribution in [0.15, 0.2) is 0 Å². The summed E-state index contributed by atoms with van der Waals surface area (Å²) in [5, 5.41) is 0. The van der Waals surface area contributed by atoms with Gasteiger partial charge in [-0.05, 0) is 0 Å². The summed E-state index contributed by atoms with van der Waals surface area (Å²) >= 11 is -1.19. The molecule has 0 aliphatic heterocycles. The van der Waals surface area contributed by atoms with Gasteiger partial charge in [0.2, 0.25) is 0 Å². The molecule has 0 atom stereocenters. The van der Waals surface area contributed by atoms with Gasteiger partial charge >= 0.3 is 57.4 Å². The molecule has 0 bridgehead atoms. The minimum absolute atomic E-state index is 0.105. The van der Waals surface area contributed by atoms with E-state index in [2.05, 4.69) is 31.7 Å². The van der Waals surface area contributed by atoms with Crippen molar-refractivity contribution in [3.63, 3.8) is 0 Å². The van der Waals surface area contributed by atoms with Crippen LogP contribution in [-0.2, 0) is 3.53 Å². The van der Waals surface area contributed by atoms with Crippen LogP contribution in [0.1, 0.15) is 20.8 Å². The average molecular weight is 173 g/mol. The summed E-state index contributed by atoms with van der Waals surface area (Å²) in [4.78, 5) is 0. The fourth-order valence-electron chi connectivity index (χ4n) is 0.707. The first kappa shape index (κ1) is 8.60. The molecular formula is C6H15GaO. The molecular weight excluding hydrogens is 158 g/mol. The van der Waals surface area contributed by atoms with E-state index in [0.29, 0.717) is 0 Å². The molecule has 0 aliphatic carbocycles. The van der Waals surface area contributed by atoms with Crippen molar-refractivity contribution in [2.24, 2.45) is 0 Å². The van der Waals surface area contributed by atoms with Crippen molar-refractivity contribution in [3.05, 3.63) is 0 Å². The second-order valence-electron chi connectivity index (χ2n) is 3.28. The zero-order valence-corrected chi connectivity index (χ0v) is 8.91. The Bertz CT molecular complexity index is 63.4. The molecule has 0 radical (unpaired) electrons. The van der Waals surface area contributed by atoms with Crippen molar-refractivity contribution in [1.82, 2.24) is 0 Å². The number of hydrogen-bond acceptors (Lipinski definition) is 1. The van der Waals surface area contributed by atoms with Crippen molar-refractivity contribution >= 4 is 16.6 Å². The molecule has 0 amide bonds. The van der Waals surface area contributed by atoms with Gasteiger partial charge in [-0.3, -0.25) is 0 Å². The van der Waals surface area contributed by atoms with Gasteiger partial charge in [0.1, 0.15) is 0 Å². The van der Waals surface area contributed by atoms with E-state index in [4.69, 9.17) is 3.53 Å². The van der Waals surface area contributed by atoms with Gasteiger partial charge < -0.3 is 0 Å². The Morgan fingerprint density at radius 3 is 1.50 bits per heavy atom. The van der Waals surface area contributed by atoms with Crippen LogP contribution in [-0.4, -0.2) is 22.2 Å². The van der Waals surface area contributed by atoms with E-state index in [-0.39, 0.29) is 5.60 Å². The first-order valence-electron chi connectivity index (χ1n) is 3.09. The molecule has 0 rings (SSSR count). The molecule has 0 saturated heterocycles. The monoisotopic (exact) mass is 172 g/mol. The van der Waals surface area contributed by atoms with Gasteiger partial charge in [-0.15, -0.1) is 0 Å². The quantitative estimate of drug-likeness (QED) is 0.551. The predicted octanol–water partition coefficient (Wildman–Crippen LogP) is 2.05. The Hall–Kier alpha value is 0.596. The van der Waals surface area contributed by atoms with Crippen LogP contribution in [0.25, 0.3) is 0 Å². The van der Waals surface area contributed by atoms with Crippen molar-refractivity contribution in [2.75, 3.05) is 0 Å². The summed E-state index contributed by atoms with van der Waals surface area (Å²) < 4.78 is 5.62. The van der Waals surface area contributed by atoms with Gasteiger partial charge in [-0.25, -0.2) is 0 Å². The van der Waals surface area contributed by atoms with Crippen molar-refractivity contribution in [3.8, 4) is 0 Å². The summed E-state index contributed by atoms with van der Waals surface area (Å²) in [7, 11) is 0. The van der Waals surface area contributed by atoms with E-state index in [1.54, 1.807) is 0 Å². The summed E-state index contributed by atoms with van der Waals surface area (Å²) in [6, 6.07) is 0. The summed E-state index contributed by atoms with van der Waals surface area (Å²) in [5.74, 6) is 0. The minimum atomic E-state index is -1.19. The van der Waals surface area contributed by atoms with E-state index in [1.807, 2.05) is 0 Å². The first-order valence-corrected chi connectivity index (χ1v) is 8.93. The maximum absolute atomic E-state index is 5.62. The predicted molar refractivity (Wildman–Crippen MR) is 38.3 cm³/mol. The van der Waals surface area contributed by atoms with Crippen LogP contribution in [0.3, 0.4) is 0 Å². The van der Waals surface area contributed by atoms with Crippen molar-refractivity contribution in [2.45, 2.75) is 37.3 Å². The Kier molecular flexibility index (Phi) is 3.16. The van der Waals surface area contributed by atoms with Gasteiger partial charge in [0.25, 0.3) is 0 Å². The Morgan fingerprint density at radius 1 is 1.12 bits per heavy atom. The van der Waals surface area contributed by atoms with Gasteiger partial charge in [0.15, 0.2) is 0 Å². The van der Waals surface area contributed by atoms with E-state index in [9.17, 15) is 0 Å². The van der Waals surface area contributed by atoms with Gasteiger partial charge in [-0.2, -0.15) is 0 Å². The molecule has 0 fully saturated rings. The first-order chi connectivity index (χ1) is 3.42. The van der Waals surface area contributed by atoms with E-state index >= 15 is 0 Å². The maximum atomic E-state index is 5.62. The zero-order valence-electron chi connectivity index (χ0n) is 6.49. The molecule has 0 spiro atoms. The Morgan fingerprint density at radius 2 is 1.50 bits per heavy atom. The summed E-state index contributed by atoms with van der Waals surface area (Å²) in [6.07, 6.45) is 0. The molecule has 48 valence electrons. The third kappa shape index (κ3) is 6.60. The fourth-order valence-corrected chi connectivity index (χ4v) is 3.67. The average Bonchev–Trinajstić information content (AvgIpc) is 1.21. The standard InChI is InChI=1S/C4H9O.2CH3.Ga/c1-4(2,3)5;;;/h1-3H3;2*1H3;/q-1;;;+1. The van der Waals surface area contributed by atoms with Crippen LogP contribution >= 0.6 is 0 Å². The summed E-state index contributed by atoms with van der Waals surface area (Å²) in [5.41, 5.74) is 4.57. The molecule has 8 heavy (non-hydrogen) atoms. The Balaban J connectivity index is 3.39. The van der Waals surface area contributed by atoms with Gasteiger partial charge in [0, 0.05) is 0 Å². The Labute approximate surface area is 57.9 Å². The SMILES string of the molecule is [CH3][Ga]([CH3])[O]C(C)(C)C. The second-order valence-corrected chi connectivity index (χ2v) is 8.17. The number of rotatable bonds is 1. The fraction of sp³-hybridized carbons (Fsp3) is 1.00. The molecule has 0 aromatic heterocycles. The second kappa shape index (κ2) is 2.94. The molecule has 0 aromatic carbocycles. The third-order valence-electron chi connectivity index (χ3n) is 0.589. The normalized spacial score (nSPS) is 11.6. The molecule has 0 aromatic rings. The number of hydrogen-bond donors (Lipinski definition) is 0. The van der Waals surface area contributed by atoms with Gasteiger partial charge in [0.05, 0.1) is 0 Å². The topological polar surface area (TPSA) is 9.23 Å². The van der Waals surface area contributed by atoms with E-state index in [1.165, 1.54) is 0 Å². The molecule has 1 nitrogen and oxygen atoms in total. The molecule has 0 N–H and O–H groups in total. The van der Waals surface area contributed by atoms with Crippen molar-refractivity contribution < 1.29 is 3.53 Å². The molecule has 0 heterocycles. The van der Waals surface area contributed by atoms with E-state index in [0.717, 1.165) is 0 Å². The summed E-state index contributed by atoms with van der Waals surface area (Å²) in [6.45, 7) is 6.33. The molecule has 0 saturated carbocycles. The van der Waals surface area contributed by atoms with Crippen molar-refractivity contribution in [1.29, 1.82) is 0 Å². The molecule has 0 aliphatic rings. The van der Waals surface area contributed by atoms with Crippen LogP contribution < -0.4 is 0 Å². The van der Waals surface area contributed by atoms with Gasteiger partial charge in [-0.1, -0.05) is 0 Å². The third-order valence-corrected chi connectivity index (χ3v) is 3.06. The van der Waals surface area contributed by atoms with E-state index < -0.39 is 16.6 Å². The van der Waals surface area contributed by atoms with Crippen LogP contribution in [0, 0.1) is 0 Å².